The van der Waals surface area contributed by atoms with Gasteiger partial charge in [0.1, 0.15) is 6.04 Å². The molecule has 0 unspecified atom stereocenters. The van der Waals surface area contributed by atoms with Crippen molar-refractivity contribution >= 4 is 17.9 Å². The quantitative estimate of drug-likeness (QED) is 0.0873. The number of hydrogen-bond donors (Lipinski definition) is 3. The van der Waals surface area contributed by atoms with Gasteiger partial charge in [-0.15, -0.1) is 0 Å². The van der Waals surface area contributed by atoms with Crippen molar-refractivity contribution in [1.82, 2.24) is 0 Å². The molecule has 148 valence electrons. The summed E-state index contributed by atoms with van der Waals surface area (Å²) in [4.78, 5) is 27.1. The largest absolute Gasteiger partial charge is 1.00 e. The molecule has 0 amide bonds. The zero-order chi connectivity index (χ0) is 18.9. The SMILES string of the molecule is CCCCCCCCCCCC(=O)OC(=O)[C@@H](N)CCCN=C(N)N.[H-].[Na+]. The second-order valence-electron chi connectivity index (χ2n) is 6.43. The standard InChI is InChI=1S/C18H36N4O3.Na.H/c1-2-3-4-5-6-7-8-9-10-13-16(23)25-17(24)15(19)12-11-14-22-18(20)21;;/h15H,2-14,19H2,1H3,(H4,20,21,22);;/q;+1;-1/t15-;;/m0../s1. The van der Waals surface area contributed by atoms with Crippen molar-refractivity contribution in [3.63, 3.8) is 0 Å². The van der Waals surface area contributed by atoms with Crippen molar-refractivity contribution in [3.05, 3.63) is 0 Å². The fraction of sp³-hybridized carbons (Fsp3) is 0.833. The Kier molecular flexibility index (Phi) is 20.3. The van der Waals surface area contributed by atoms with Gasteiger partial charge in [-0.2, -0.15) is 0 Å². The van der Waals surface area contributed by atoms with E-state index in [-0.39, 0.29) is 43.4 Å². The van der Waals surface area contributed by atoms with E-state index in [4.69, 9.17) is 21.9 Å². The number of nitrogens with zero attached hydrogens (tertiary/aromatic N) is 1. The molecular weight excluding hydrogens is 343 g/mol. The summed E-state index contributed by atoms with van der Waals surface area (Å²) in [6.45, 7) is 2.61. The smallest absolute Gasteiger partial charge is 1.00 e. The number of carbonyl (C=O) groups excluding carboxylic acids is 2. The van der Waals surface area contributed by atoms with Gasteiger partial charge in [0, 0.05) is 13.0 Å². The first-order valence-electron chi connectivity index (χ1n) is 9.52. The van der Waals surface area contributed by atoms with Crippen LogP contribution in [0, 0.1) is 0 Å². The van der Waals surface area contributed by atoms with Gasteiger partial charge in [0.05, 0.1) is 0 Å². The Hall–Kier alpha value is -0.630. The molecule has 0 aromatic rings. The van der Waals surface area contributed by atoms with E-state index in [0.717, 1.165) is 19.3 Å². The summed E-state index contributed by atoms with van der Waals surface area (Å²) in [5.74, 6) is -1.16. The molecule has 0 aromatic carbocycles. The second kappa shape index (κ2) is 19.1. The molecule has 0 aliphatic rings. The maximum Gasteiger partial charge on any atom is 1.00 e. The number of unbranched alkanes of at least 4 members (excludes halogenated alkanes) is 8. The number of ether oxygens (including phenoxy) is 1. The second-order valence-corrected chi connectivity index (χ2v) is 6.43. The van der Waals surface area contributed by atoms with Crippen LogP contribution in [0.1, 0.15) is 85.4 Å². The van der Waals surface area contributed by atoms with Crippen LogP contribution in [0.15, 0.2) is 4.99 Å². The topological polar surface area (TPSA) is 134 Å². The van der Waals surface area contributed by atoms with Gasteiger partial charge >= 0.3 is 41.5 Å². The monoisotopic (exact) mass is 380 g/mol. The predicted octanol–water partition coefficient (Wildman–Crippen LogP) is -0.525. The normalized spacial score (nSPS) is 11.3. The third kappa shape index (κ3) is 18.2. The van der Waals surface area contributed by atoms with Gasteiger partial charge in [0.15, 0.2) is 5.96 Å². The van der Waals surface area contributed by atoms with E-state index >= 15 is 0 Å². The summed E-state index contributed by atoms with van der Waals surface area (Å²) >= 11 is 0. The minimum Gasteiger partial charge on any atom is -1.00 e. The van der Waals surface area contributed by atoms with Gasteiger partial charge in [0.25, 0.3) is 0 Å². The Morgan fingerprint density at radius 1 is 0.962 bits per heavy atom. The number of esters is 2. The maximum absolute atomic E-state index is 11.7. The summed E-state index contributed by atoms with van der Waals surface area (Å²) in [5.41, 5.74) is 16.1. The fourth-order valence-electron chi connectivity index (χ4n) is 2.46. The summed E-state index contributed by atoms with van der Waals surface area (Å²) in [6.07, 6.45) is 11.7. The van der Waals surface area contributed by atoms with Crippen LogP contribution in [-0.4, -0.2) is 30.5 Å². The van der Waals surface area contributed by atoms with Crippen LogP contribution in [-0.2, 0) is 14.3 Å². The minimum absolute atomic E-state index is 0. The summed E-state index contributed by atoms with van der Waals surface area (Å²) in [5, 5.41) is 0. The average Bonchev–Trinajstić information content (AvgIpc) is 2.56. The van der Waals surface area contributed by atoms with E-state index in [0.29, 0.717) is 19.4 Å². The Morgan fingerprint density at radius 2 is 1.50 bits per heavy atom. The number of hydrogen-bond acceptors (Lipinski definition) is 5. The average molecular weight is 381 g/mol. The Bertz CT molecular complexity index is 408. The molecule has 0 heterocycles. The van der Waals surface area contributed by atoms with Crippen molar-refractivity contribution in [2.45, 2.75) is 90.0 Å². The van der Waals surface area contributed by atoms with Crippen LogP contribution >= 0.6 is 0 Å². The molecule has 0 saturated carbocycles. The molecule has 0 spiro atoms. The van der Waals surface area contributed by atoms with Gasteiger partial charge < -0.3 is 23.4 Å². The third-order valence-corrected chi connectivity index (χ3v) is 3.97. The number of nitrogens with two attached hydrogens (primary N) is 3. The van der Waals surface area contributed by atoms with E-state index in [2.05, 4.69) is 11.9 Å². The Morgan fingerprint density at radius 3 is 2.04 bits per heavy atom. The molecule has 26 heavy (non-hydrogen) atoms. The fourth-order valence-corrected chi connectivity index (χ4v) is 2.46. The minimum atomic E-state index is -0.818. The molecule has 0 aliphatic carbocycles. The van der Waals surface area contributed by atoms with Gasteiger partial charge in [-0.05, 0) is 19.3 Å². The van der Waals surface area contributed by atoms with Gasteiger partial charge in [-0.3, -0.25) is 9.79 Å². The molecular formula is C18H37N4NaO3. The van der Waals surface area contributed by atoms with E-state index in [1.54, 1.807) is 0 Å². The van der Waals surface area contributed by atoms with Crippen LogP contribution in [0.3, 0.4) is 0 Å². The van der Waals surface area contributed by atoms with Gasteiger partial charge in [-0.1, -0.05) is 58.3 Å². The zero-order valence-corrected chi connectivity index (χ0v) is 18.7. The first-order chi connectivity index (χ1) is 12.0. The van der Waals surface area contributed by atoms with Crippen LogP contribution in [0.2, 0.25) is 0 Å². The van der Waals surface area contributed by atoms with Crippen LogP contribution in [0.5, 0.6) is 0 Å². The molecule has 6 N–H and O–H groups in total. The maximum atomic E-state index is 11.7. The van der Waals surface area contributed by atoms with Crippen molar-refractivity contribution in [2.24, 2.45) is 22.2 Å². The molecule has 0 radical (unpaired) electrons. The Balaban J connectivity index is -0.00000288. The van der Waals surface area contributed by atoms with Crippen LogP contribution in [0.4, 0.5) is 0 Å². The van der Waals surface area contributed by atoms with Crippen molar-refractivity contribution in [2.75, 3.05) is 6.54 Å². The Labute approximate surface area is 181 Å². The molecule has 0 rings (SSSR count). The molecule has 8 heteroatoms. The summed E-state index contributed by atoms with van der Waals surface area (Å²) in [7, 11) is 0. The molecule has 0 bridgehead atoms. The molecule has 0 aliphatic heterocycles. The van der Waals surface area contributed by atoms with Crippen molar-refractivity contribution in [3.8, 4) is 0 Å². The summed E-state index contributed by atoms with van der Waals surface area (Å²) in [6, 6.07) is -0.818. The number of rotatable bonds is 15. The molecule has 0 saturated heterocycles. The number of guanidine groups is 1. The van der Waals surface area contributed by atoms with Gasteiger partial charge in [0.2, 0.25) is 0 Å². The van der Waals surface area contributed by atoms with E-state index in [1.807, 2.05) is 0 Å². The van der Waals surface area contributed by atoms with Gasteiger partial charge in [-0.25, -0.2) is 4.79 Å². The molecule has 0 aromatic heterocycles. The van der Waals surface area contributed by atoms with E-state index < -0.39 is 18.0 Å². The van der Waals surface area contributed by atoms with Crippen molar-refractivity contribution in [1.29, 1.82) is 0 Å². The van der Waals surface area contributed by atoms with Crippen LogP contribution in [0.25, 0.3) is 0 Å². The third-order valence-electron chi connectivity index (χ3n) is 3.97. The van der Waals surface area contributed by atoms with E-state index in [1.165, 1.54) is 38.5 Å². The van der Waals surface area contributed by atoms with Crippen molar-refractivity contribution < 1.29 is 45.3 Å². The first-order valence-corrected chi connectivity index (χ1v) is 9.52. The van der Waals surface area contributed by atoms with Crippen LogP contribution < -0.4 is 46.8 Å². The molecule has 0 fully saturated rings. The predicted molar refractivity (Wildman–Crippen MR) is 102 cm³/mol. The zero-order valence-electron chi connectivity index (χ0n) is 17.7. The van der Waals surface area contributed by atoms with E-state index in [9.17, 15) is 9.59 Å². The number of carbonyl (C=O) groups is 2. The summed E-state index contributed by atoms with van der Waals surface area (Å²) < 4.78 is 4.77. The molecule has 1 atom stereocenters. The number of aliphatic imine (C=N–C) groups is 1. The molecule has 7 nitrogen and oxygen atoms in total. The first kappa shape index (κ1) is 27.6.